The molecule has 6 heteroatoms. The van der Waals surface area contributed by atoms with Crippen molar-refractivity contribution in [2.24, 2.45) is 4.99 Å². The molecule has 3 rings (SSSR count). The normalized spacial score (nSPS) is 35.0. The summed E-state index contributed by atoms with van der Waals surface area (Å²) in [6.45, 7) is 1.14. The molecule has 0 aromatic heterocycles. The predicted octanol–water partition coefficient (Wildman–Crippen LogP) is 0.275. The third-order valence-electron chi connectivity index (χ3n) is 2.77. The highest BCUT2D eigenvalue weighted by molar-refractivity contribution is 8.04. The number of thioether (sulfide) groups is 1. The van der Waals surface area contributed by atoms with Crippen LogP contribution in [0.2, 0.25) is 0 Å². The first kappa shape index (κ1) is 10.2. The van der Waals surface area contributed by atoms with Crippen LogP contribution < -0.4 is 5.32 Å². The van der Waals surface area contributed by atoms with E-state index in [1.165, 1.54) is 11.8 Å². The van der Waals surface area contributed by atoms with E-state index in [0.29, 0.717) is 11.5 Å². The van der Waals surface area contributed by atoms with Crippen LogP contribution in [0.25, 0.3) is 0 Å². The quantitative estimate of drug-likeness (QED) is 0.718. The van der Waals surface area contributed by atoms with E-state index in [1.807, 2.05) is 6.08 Å². The molecule has 1 N–H and O–H groups in total. The fourth-order valence-electron chi connectivity index (χ4n) is 1.72. The van der Waals surface area contributed by atoms with Crippen molar-refractivity contribution in [3.05, 3.63) is 11.0 Å². The number of carbonyl (C=O) groups excluding carboxylic acids is 1. The van der Waals surface area contributed by atoms with Crippen LogP contribution in [0.3, 0.4) is 0 Å². The summed E-state index contributed by atoms with van der Waals surface area (Å²) in [5.74, 6) is -0.258. The van der Waals surface area contributed by atoms with Crippen LogP contribution in [0.4, 0.5) is 0 Å². The van der Waals surface area contributed by atoms with Gasteiger partial charge in [-0.3, -0.25) is 4.99 Å². The van der Waals surface area contributed by atoms with E-state index in [1.54, 1.807) is 6.34 Å². The van der Waals surface area contributed by atoms with E-state index in [0.717, 1.165) is 13.0 Å². The molecule has 0 bridgehead atoms. The molecule has 0 aromatic carbocycles. The Bertz CT molecular complexity index is 365. The molecule has 86 valence electrons. The summed E-state index contributed by atoms with van der Waals surface area (Å²) >= 11 is 1.45. The van der Waals surface area contributed by atoms with E-state index in [4.69, 9.17) is 9.47 Å². The lowest BCUT2D eigenvalue weighted by molar-refractivity contribution is -0.149. The minimum absolute atomic E-state index is 0.0995. The summed E-state index contributed by atoms with van der Waals surface area (Å²) in [6.07, 6.45) is 4.65. The highest BCUT2D eigenvalue weighted by Crippen LogP contribution is 2.35. The Balaban J connectivity index is 1.51. The van der Waals surface area contributed by atoms with E-state index >= 15 is 0 Å². The molecule has 1 saturated heterocycles. The number of nitrogens with zero attached hydrogens (tertiary/aromatic N) is 1. The van der Waals surface area contributed by atoms with Crippen molar-refractivity contribution < 1.29 is 14.3 Å². The largest absolute Gasteiger partial charge is 0.459 e. The van der Waals surface area contributed by atoms with Gasteiger partial charge >= 0.3 is 5.97 Å². The maximum absolute atomic E-state index is 11.7. The highest BCUT2D eigenvalue weighted by Gasteiger charge is 2.34. The van der Waals surface area contributed by atoms with Gasteiger partial charge in [0.1, 0.15) is 12.0 Å². The van der Waals surface area contributed by atoms with Crippen LogP contribution in [0.5, 0.6) is 0 Å². The molecule has 0 radical (unpaired) electrons. The maximum atomic E-state index is 11.7. The van der Waals surface area contributed by atoms with Crippen molar-refractivity contribution in [3.63, 3.8) is 0 Å². The van der Waals surface area contributed by atoms with E-state index < -0.39 is 0 Å². The Kier molecular flexibility index (Phi) is 2.61. The molecule has 2 unspecified atom stereocenters. The van der Waals surface area contributed by atoms with Crippen molar-refractivity contribution >= 4 is 24.1 Å². The second kappa shape index (κ2) is 4.10. The Morgan fingerprint density at radius 1 is 1.75 bits per heavy atom. The third-order valence-corrected chi connectivity index (χ3v) is 3.98. The van der Waals surface area contributed by atoms with E-state index in [9.17, 15) is 4.79 Å². The number of carbonyl (C=O) groups is 1. The summed E-state index contributed by atoms with van der Waals surface area (Å²) in [5.41, 5.74) is 0. The van der Waals surface area contributed by atoms with Crippen LogP contribution in [0.1, 0.15) is 6.42 Å². The number of rotatable bonds is 3. The van der Waals surface area contributed by atoms with Crippen molar-refractivity contribution in [1.82, 2.24) is 5.32 Å². The van der Waals surface area contributed by atoms with Crippen molar-refractivity contribution in [2.45, 2.75) is 23.9 Å². The smallest absolute Gasteiger partial charge is 0.344 e. The summed E-state index contributed by atoms with van der Waals surface area (Å²) in [5, 5.41) is 3.17. The number of hydrogen-bond acceptors (Lipinski definition) is 6. The summed E-state index contributed by atoms with van der Waals surface area (Å²) in [6, 6.07) is 0.146. The molecule has 1 fully saturated rings. The first-order valence-electron chi connectivity index (χ1n) is 5.28. The molecular formula is C10H12N2O3S. The van der Waals surface area contributed by atoms with Gasteiger partial charge in [0.2, 0.25) is 0 Å². The molecular weight excluding hydrogens is 228 g/mol. The third kappa shape index (κ3) is 1.82. The fraction of sp³-hybridized carbons (Fsp3) is 0.600. The number of hydrogen-bond donors (Lipinski definition) is 1. The fourth-order valence-corrected chi connectivity index (χ4v) is 2.78. The van der Waals surface area contributed by atoms with Gasteiger partial charge in [-0.25, -0.2) is 4.79 Å². The van der Waals surface area contributed by atoms with Crippen LogP contribution in [-0.4, -0.2) is 43.0 Å². The summed E-state index contributed by atoms with van der Waals surface area (Å²) in [4.78, 5) is 16.5. The van der Waals surface area contributed by atoms with Crippen LogP contribution in [-0.2, 0) is 14.3 Å². The molecule has 3 aliphatic rings. The Morgan fingerprint density at radius 3 is 3.31 bits per heavy atom. The van der Waals surface area contributed by atoms with Crippen LogP contribution in [0, 0.1) is 0 Å². The molecule has 0 spiro atoms. The SMILES string of the molecule is O=C(OC[C@@H]1CCO1)C1=CC2NC=NC2S1. The van der Waals surface area contributed by atoms with Gasteiger partial charge in [-0.15, -0.1) is 0 Å². The van der Waals surface area contributed by atoms with Gasteiger partial charge in [-0.1, -0.05) is 11.8 Å². The van der Waals surface area contributed by atoms with E-state index in [2.05, 4.69) is 10.3 Å². The maximum Gasteiger partial charge on any atom is 0.344 e. The summed E-state index contributed by atoms with van der Waals surface area (Å²) < 4.78 is 10.3. The standard InChI is InChI=1S/C10H12N2O3S/c13-10(15-4-6-1-2-14-6)8-3-7-9(16-8)12-5-11-7/h3,5-7,9H,1-2,4H2,(H,11,12)/t6-,7?,9?/m0/s1. The van der Waals surface area contributed by atoms with Crippen LogP contribution >= 0.6 is 11.8 Å². The predicted molar refractivity (Wildman–Crippen MR) is 60.2 cm³/mol. The Morgan fingerprint density at radius 2 is 2.62 bits per heavy atom. The second-order valence-electron chi connectivity index (χ2n) is 3.89. The van der Waals surface area contributed by atoms with Crippen LogP contribution in [0.15, 0.2) is 16.0 Å². The molecule has 0 aliphatic carbocycles. The molecule has 0 saturated carbocycles. The molecule has 0 aromatic rings. The van der Waals surface area contributed by atoms with Gasteiger partial charge in [0.05, 0.1) is 23.4 Å². The Hall–Kier alpha value is -1.01. The first-order valence-corrected chi connectivity index (χ1v) is 6.16. The minimum atomic E-state index is -0.258. The monoisotopic (exact) mass is 240 g/mol. The first-order chi connectivity index (χ1) is 7.83. The molecule has 3 aliphatic heterocycles. The second-order valence-corrected chi connectivity index (χ2v) is 5.05. The zero-order valence-electron chi connectivity index (χ0n) is 8.59. The average molecular weight is 240 g/mol. The lowest BCUT2D eigenvalue weighted by Gasteiger charge is -2.25. The lowest BCUT2D eigenvalue weighted by Crippen LogP contribution is -2.32. The molecule has 3 atom stereocenters. The molecule has 5 nitrogen and oxygen atoms in total. The van der Waals surface area contributed by atoms with Crippen molar-refractivity contribution in [2.75, 3.05) is 13.2 Å². The van der Waals surface area contributed by atoms with Gasteiger partial charge in [0, 0.05) is 13.0 Å². The van der Waals surface area contributed by atoms with Gasteiger partial charge in [0.15, 0.2) is 0 Å². The number of fused-ring (bicyclic) bond motifs is 1. The Labute approximate surface area is 97.3 Å². The van der Waals surface area contributed by atoms with Crippen molar-refractivity contribution in [1.29, 1.82) is 0 Å². The van der Waals surface area contributed by atoms with Gasteiger partial charge in [-0.2, -0.15) is 0 Å². The number of nitrogens with one attached hydrogen (secondary N) is 1. The molecule has 0 amide bonds. The average Bonchev–Trinajstić information content (AvgIpc) is 2.73. The van der Waals surface area contributed by atoms with E-state index in [-0.39, 0.29) is 23.5 Å². The van der Waals surface area contributed by atoms with Gasteiger partial charge < -0.3 is 14.8 Å². The zero-order valence-corrected chi connectivity index (χ0v) is 9.40. The lowest BCUT2D eigenvalue weighted by atomic mass is 10.2. The highest BCUT2D eigenvalue weighted by atomic mass is 32.2. The van der Waals surface area contributed by atoms with Crippen molar-refractivity contribution in [3.8, 4) is 0 Å². The topological polar surface area (TPSA) is 59.9 Å². The number of ether oxygens (including phenoxy) is 2. The number of aliphatic imine (C=N–C) groups is 1. The number of esters is 1. The molecule has 3 heterocycles. The zero-order chi connectivity index (χ0) is 11.0. The van der Waals surface area contributed by atoms with Gasteiger partial charge in [-0.05, 0) is 6.08 Å². The van der Waals surface area contributed by atoms with Gasteiger partial charge in [0.25, 0.3) is 0 Å². The summed E-state index contributed by atoms with van der Waals surface area (Å²) in [7, 11) is 0. The molecule has 16 heavy (non-hydrogen) atoms. The minimum Gasteiger partial charge on any atom is -0.459 e.